The largest absolute Gasteiger partial charge is 0.370 e. The molecule has 0 radical (unpaired) electrons. The summed E-state index contributed by atoms with van der Waals surface area (Å²) in [6, 6.07) is 10.5. The highest BCUT2D eigenvalue weighted by molar-refractivity contribution is 5.77. The summed E-state index contributed by atoms with van der Waals surface area (Å²) in [7, 11) is 0. The number of nitrogens with one attached hydrogen (secondary N) is 1. The van der Waals surface area contributed by atoms with Gasteiger partial charge in [0.1, 0.15) is 0 Å². The van der Waals surface area contributed by atoms with Gasteiger partial charge in [0.05, 0.1) is 0 Å². The molecule has 1 aromatic rings. The lowest BCUT2D eigenvalue weighted by Crippen LogP contribution is -2.33. The Kier molecular flexibility index (Phi) is 5.69. The predicted molar refractivity (Wildman–Crippen MR) is 78.7 cm³/mol. The Morgan fingerprint density at radius 3 is 2.56 bits per heavy atom. The van der Waals surface area contributed by atoms with E-state index in [2.05, 4.69) is 55.3 Å². The zero-order valence-electron chi connectivity index (χ0n) is 11.7. The normalized spacial score (nSPS) is 12.5. The van der Waals surface area contributed by atoms with E-state index in [0.29, 0.717) is 5.96 Å². The van der Waals surface area contributed by atoms with E-state index in [1.54, 1.807) is 0 Å². The van der Waals surface area contributed by atoms with Gasteiger partial charge in [0.15, 0.2) is 5.96 Å². The summed E-state index contributed by atoms with van der Waals surface area (Å²) in [6.07, 6.45) is 2.07. The van der Waals surface area contributed by atoms with Crippen LogP contribution in [0.1, 0.15) is 32.8 Å². The summed E-state index contributed by atoms with van der Waals surface area (Å²) in [6.45, 7) is 8.17. The maximum atomic E-state index is 5.80. The summed E-state index contributed by atoms with van der Waals surface area (Å²) in [4.78, 5) is 4.41. The predicted octanol–water partition coefficient (Wildman–Crippen LogP) is 2.57. The number of aliphatic imine (C=N–C) groups is 1. The summed E-state index contributed by atoms with van der Waals surface area (Å²) < 4.78 is 0. The van der Waals surface area contributed by atoms with Crippen LogP contribution < -0.4 is 11.1 Å². The standard InChI is InChI=1S/C15H25N3/c1-4-10-17-14(16)18-12-15(2,3)11-13-8-6-5-7-9-13/h5-9H,4,10-12H2,1-3H3,(H3,16,17,18). The van der Waals surface area contributed by atoms with Gasteiger partial charge in [0.2, 0.25) is 0 Å². The molecule has 0 amide bonds. The van der Waals surface area contributed by atoms with E-state index in [4.69, 9.17) is 5.73 Å². The maximum Gasteiger partial charge on any atom is 0.188 e. The lowest BCUT2D eigenvalue weighted by molar-refractivity contribution is 0.377. The van der Waals surface area contributed by atoms with Crippen molar-refractivity contribution < 1.29 is 0 Å². The number of nitrogens with zero attached hydrogens (tertiary/aromatic N) is 1. The molecule has 18 heavy (non-hydrogen) atoms. The SMILES string of the molecule is CCCNC(N)=NCC(C)(C)Cc1ccccc1. The van der Waals surface area contributed by atoms with Crippen LogP contribution in [-0.2, 0) is 6.42 Å². The molecule has 0 saturated carbocycles. The molecule has 0 unspecified atom stereocenters. The monoisotopic (exact) mass is 247 g/mol. The zero-order valence-corrected chi connectivity index (χ0v) is 11.7. The minimum Gasteiger partial charge on any atom is -0.370 e. The molecule has 0 spiro atoms. The van der Waals surface area contributed by atoms with Gasteiger partial charge in [-0.05, 0) is 23.8 Å². The number of benzene rings is 1. The minimum absolute atomic E-state index is 0.125. The van der Waals surface area contributed by atoms with Gasteiger partial charge in [-0.2, -0.15) is 0 Å². The number of hydrogen-bond donors (Lipinski definition) is 2. The third-order valence-corrected chi connectivity index (χ3v) is 2.76. The second kappa shape index (κ2) is 7.04. The topological polar surface area (TPSA) is 50.4 Å². The minimum atomic E-state index is 0.125. The van der Waals surface area contributed by atoms with Crippen LogP contribution in [0.5, 0.6) is 0 Å². The van der Waals surface area contributed by atoms with Crippen molar-refractivity contribution in [3.8, 4) is 0 Å². The summed E-state index contributed by atoms with van der Waals surface area (Å²) >= 11 is 0. The van der Waals surface area contributed by atoms with Gasteiger partial charge < -0.3 is 11.1 Å². The molecule has 0 aromatic heterocycles. The Morgan fingerprint density at radius 2 is 1.94 bits per heavy atom. The van der Waals surface area contributed by atoms with E-state index in [-0.39, 0.29) is 5.41 Å². The summed E-state index contributed by atoms with van der Waals surface area (Å²) in [5.74, 6) is 0.554. The fourth-order valence-corrected chi connectivity index (χ4v) is 1.81. The van der Waals surface area contributed by atoms with Crippen LogP contribution in [0.15, 0.2) is 35.3 Å². The number of guanidine groups is 1. The van der Waals surface area contributed by atoms with Crippen LogP contribution in [-0.4, -0.2) is 19.0 Å². The van der Waals surface area contributed by atoms with E-state index in [9.17, 15) is 0 Å². The molecule has 0 bridgehead atoms. The molecule has 1 aromatic carbocycles. The first kappa shape index (κ1) is 14.6. The van der Waals surface area contributed by atoms with Crippen molar-refractivity contribution in [2.45, 2.75) is 33.6 Å². The molecular formula is C15H25N3. The van der Waals surface area contributed by atoms with Crippen LogP contribution in [0.3, 0.4) is 0 Å². The van der Waals surface area contributed by atoms with Crippen LogP contribution in [0.4, 0.5) is 0 Å². The van der Waals surface area contributed by atoms with Gasteiger partial charge in [-0.1, -0.05) is 51.1 Å². The molecular weight excluding hydrogens is 222 g/mol. The second-order valence-electron chi connectivity index (χ2n) is 5.45. The average molecular weight is 247 g/mol. The zero-order chi connectivity index (χ0) is 13.4. The Morgan fingerprint density at radius 1 is 1.28 bits per heavy atom. The van der Waals surface area contributed by atoms with Crippen LogP contribution >= 0.6 is 0 Å². The second-order valence-corrected chi connectivity index (χ2v) is 5.45. The molecule has 1 rings (SSSR count). The molecule has 3 heteroatoms. The Bertz CT molecular complexity index is 369. The summed E-state index contributed by atoms with van der Waals surface area (Å²) in [5.41, 5.74) is 7.27. The molecule has 0 aliphatic carbocycles. The third-order valence-electron chi connectivity index (χ3n) is 2.76. The average Bonchev–Trinajstić information content (AvgIpc) is 2.35. The van der Waals surface area contributed by atoms with Gasteiger partial charge >= 0.3 is 0 Å². The smallest absolute Gasteiger partial charge is 0.188 e. The van der Waals surface area contributed by atoms with Crippen molar-refractivity contribution in [2.24, 2.45) is 16.1 Å². The Hall–Kier alpha value is -1.51. The molecule has 0 atom stereocenters. The highest BCUT2D eigenvalue weighted by Gasteiger charge is 2.18. The van der Waals surface area contributed by atoms with Gasteiger partial charge in [-0.3, -0.25) is 4.99 Å². The molecule has 0 aliphatic heterocycles. The van der Waals surface area contributed by atoms with Crippen LogP contribution in [0.2, 0.25) is 0 Å². The van der Waals surface area contributed by atoms with Crippen LogP contribution in [0, 0.1) is 5.41 Å². The van der Waals surface area contributed by atoms with Gasteiger partial charge in [0, 0.05) is 13.1 Å². The third kappa shape index (κ3) is 5.71. The van der Waals surface area contributed by atoms with E-state index in [0.717, 1.165) is 25.9 Å². The Labute approximate surface area is 111 Å². The Balaban J connectivity index is 2.49. The quantitative estimate of drug-likeness (QED) is 0.599. The maximum absolute atomic E-state index is 5.80. The first-order chi connectivity index (χ1) is 8.53. The van der Waals surface area contributed by atoms with Crippen LogP contribution in [0.25, 0.3) is 0 Å². The van der Waals surface area contributed by atoms with E-state index in [1.807, 2.05) is 6.07 Å². The van der Waals surface area contributed by atoms with E-state index < -0.39 is 0 Å². The van der Waals surface area contributed by atoms with Crippen molar-refractivity contribution in [1.29, 1.82) is 0 Å². The molecule has 100 valence electrons. The van der Waals surface area contributed by atoms with Crippen molar-refractivity contribution in [2.75, 3.05) is 13.1 Å². The highest BCUT2D eigenvalue weighted by Crippen LogP contribution is 2.21. The van der Waals surface area contributed by atoms with Crippen molar-refractivity contribution >= 4 is 5.96 Å². The molecule has 3 nitrogen and oxygen atoms in total. The highest BCUT2D eigenvalue weighted by atomic mass is 15.1. The number of rotatable bonds is 6. The van der Waals surface area contributed by atoms with Crippen molar-refractivity contribution in [3.63, 3.8) is 0 Å². The lowest BCUT2D eigenvalue weighted by Gasteiger charge is -2.22. The van der Waals surface area contributed by atoms with Crippen molar-refractivity contribution in [3.05, 3.63) is 35.9 Å². The lowest BCUT2D eigenvalue weighted by atomic mass is 9.86. The first-order valence-electron chi connectivity index (χ1n) is 6.61. The van der Waals surface area contributed by atoms with E-state index in [1.165, 1.54) is 5.56 Å². The fraction of sp³-hybridized carbons (Fsp3) is 0.533. The van der Waals surface area contributed by atoms with Gasteiger partial charge in [-0.15, -0.1) is 0 Å². The fourth-order valence-electron chi connectivity index (χ4n) is 1.81. The summed E-state index contributed by atoms with van der Waals surface area (Å²) in [5, 5.41) is 3.10. The molecule has 0 heterocycles. The molecule has 3 N–H and O–H groups in total. The van der Waals surface area contributed by atoms with Gasteiger partial charge in [-0.25, -0.2) is 0 Å². The molecule has 0 fully saturated rings. The van der Waals surface area contributed by atoms with E-state index >= 15 is 0 Å². The first-order valence-corrected chi connectivity index (χ1v) is 6.61. The molecule has 0 aliphatic rings. The number of hydrogen-bond acceptors (Lipinski definition) is 1. The number of nitrogens with two attached hydrogens (primary N) is 1. The van der Waals surface area contributed by atoms with Gasteiger partial charge in [0.25, 0.3) is 0 Å². The molecule has 0 saturated heterocycles. The van der Waals surface area contributed by atoms with Crippen molar-refractivity contribution in [1.82, 2.24) is 5.32 Å².